The van der Waals surface area contributed by atoms with Gasteiger partial charge in [0.1, 0.15) is 5.75 Å². The lowest BCUT2D eigenvalue weighted by molar-refractivity contribution is 0.475. The number of hydrogen-bond donors (Lipinski definition) is 2. The summed E-state index contributed by atoms with van der Waals surface area (Å²) >= 11 is 0. The summed E-state index contributed by atoms with van der Waals surface area (Å²) in [7, 11) is 1.97. The average molecular weight is 318 g/mol. The average Bonchev–Trinajstić information content (AvgIpc) is 2.65. The Hall–Kier alpha value is -2.65. The monoisotopic (exact) mass is 318 g/mol. The molecule has 0 spiro atoms. The molecular weight excluding hydrogens is 296 g/mol. The van der Waals surface area contributed by atoms with Gasteiger partial charge in [0.2, 0.25) is 0 Å². The van der Waals surface area contributed by atoms with Crippen LogP contribution >= 0.6 is 0 Å². The van der Waals surface area contributed by atoms with E-state index in [4.69, 9.17) is 0 Å². The van der Waals surface area contributed by atoms with Crippen LogP contribution in [0, 0.1) is 0 Å². The molecule has 122 valence electrons. The number of pyridine rings is 1. The molecule has 1 atom stereocenters. The third-order valence-corrected chi connectivity index (χ3v) is 4.31. The first-order chi connectivity index (χ1) is 11.8. The Balaban J connectivity index is 1.88. The second-order valence-corrected chi connectivity index (χ2v) is 5.89. The van der Waals surface area contributed by atoms with Crippen LogP contribution in [0.3, 0.4) is 0 Å². The molecule has 3 heteroatoms. The quantitative estimate of drug-likeness (QED) is 0.716. The van der Waals surface area contributed by atoms with Gasteiger partial charge in [-0.2, -0.15) is 0 Å². The van der Waals surface area contributed by atoms with Crippen molar-refractivity contribution in [3.8, 4) is 16.9 Å². The number of phenolic OH excluding ortho intramolecular Hbond substituents is 1. The van der Waals surface area contributed by atoms with Crippen molar-refractivity contribution in [1.82, 2.24) is 10.3 Å². The molecule has 0 fully saturated rings. The molecule has 3 nitrogen and oxygen atoms in total. The van der Waals surface area contributed by atoms with Crippen molar-refractivity contribution < 1.29 is 5.11 Å². The van der Waals surface area contributed by atoms with Crippen molar-refractivity contribution in [2.75, 3.05) is 13.6 Å². The molecule has 0 aliphatic rings. The number of rotatable bonds is 6. The number of hydrogen-bond acceptors (Lipinski definition) is 3. The van der Waals surface area contributed by atoms with E-state index in [0.29, 0.717) is 11.7 Å². The SMILES string of the molecule is CNCCC(c1ccc(O)cc1)c1ccc(-c2ccncc2)cc1. The molecule has 24 heavy (non-hydrogen) atoms. The predicted octanol–water partition coefficient (Wildman–Crippen LogP) is 4.20. The number of aromatic nitrogens is 1. The molecule has 2 N–H and O–H groups in total. The van der Waals surface area contributed by atoms with E-state index in [9.17, 15) is 5.11 Å². The van der Waals surface area contributed by atoms with Crippen LogP contribution in [0.4, 0.5) is 0 Å². The molecular formula is C21H22N2O. The summed E-state index contributed by atoms with van der Waals surface area (Å²) in [5.41, 5.74) is 4.88. The van der Waals surface area contributed by atoms with Crippen molar-refractivity contribution >= 4 is 0 Å². The first-order valence-electron chi connectivity index (χ1n) is 8.22. The number of phenols is 1. The second kappa shape index (κ2) is 7.75. The first kappa shape index (κ1) is 16.2. The van der Waals surface area contributed by atoms with Gasteiger partial charge in [0.05, 0.1) is 0 Å². The largest absolute Gasteiger partial charge is 0.508 e. The zero-order chi connectivity index (χ0) is 16.8. The van der Waals surface area contributed by atoms with Crippen LogP contribution in [0.15, 0.2) is 73.1 Å². The van der Waals surface area contributed by atoms with Gasteiger partial charge >= 0.3 is 0 Å². The number of nitrogens with zero attached hydrogens (tertiary/aromatic N) is 1. The van der Waals surface area contributed by atoms with Gasteiger partial charge in [0.25, 0.3) is 0 Å². The molecule has 2 aromatic carbocycles. The van der Waals surface area contributed by atoms with E-state index in [2.05, 4.69) is 34.6 Å². The Bertz CT molecular complexity index is 752. The molecule has 0 saturated carbocycles. The minimum atomic E-state index is 0.305. The van der Waals surface area contributed by atoms with Crippen molar-refractivity contribution in [2.24, 2.45) is 0 Å². The number of benzene rings is 2. The van der Waals surface area contributed by atoms with Gasteiger partial charge in [-0.05, 0) is 66.5 Å². The Morgan fingerprint density at radius 3 is 1.96 bits per heavy atom. The van der Waals surface area contributed by atoms with Crippen LogP contribution in [0.25, 0.3) is 11.1 Å². The molecule has 3 aromatic rings. The summed E-state index contributed by atoms with van der Waals surface area (Å²) < 4.78 is 0. The molecule has 3 rings (SSSR count). The van der Waals surface area contributed by atoms with Crippen LogP contribution in [-0.2, 0) is 0 Å². The van der Waals surface area contributed by atoms with Gasteiger partial charge < -0.3 is 10.4 Å². The van der Waals surface area contributed by atoms with Crippen LogP contribution in [0.1, 0.15) is 23.5 Å². The van der Waals surface area contributed by atoms with E-state index in [1.807, 2.05) is 43.7 Å². The topological polar surface area (TPSA) is 45.1 Å². The fourth-order valence-electron chi connectivity index (χ4n) is 2.97. The Morgan fingerprint density at radius 1 is 0.833 bits per heavy atom. The standard InChI is InChI=1S/C21H22N2O/c1-22-13-12-21(19-6-8-20(24)9-7-19)18-4-2-16(3-5-18)17-10-14-23-15-11-17/h2-11,14-15,21-22,24H,12-13H2,1H3. The summed E-state index contributed by atoms with van der Waals surface area (Å²) in [6.45, 7) is 0.942. The third kappa shape index (κ3) is 3.81. The minimum absolute atomic E-state index is 0.305. The summed E-state index contributed by atoms with van der Waals surface area (Å²) in [5.74, 6) is 0.615. The summed E-state index contributed by atoms with van der Waals surface area (Å²) in [4.78, 5) is 4.07. The molecule has 0 saturated heterocycles. The van der Waals surface area contributed by atoms with Crippen molar-refractivity contribution in [3.63, 3.8) is 0 Å². The maximum absolute atomic E-state index is 9.53. The lowest BCUT2D eigenvalue weighted by atomic mass is 9.87. The summed E-state index contributed by atoms with van der Waals surface area (Å²) in [5, 5.41) is 12.8. The Labute approximate surface area is 143 Å². The van der Waals surface area contributed by atoms with Crippen molar-refractivity contribution in [1.29, 1.82) is 0 Å². The summed E-state index contributed by atoms with van der Waals surface area (Å²) in [6, 6.07) is 20.3. The molecule has 0 radical (unpaired) electrons. The van der Waals surface area contributed by atoms with Crippen LogP contribution in [-0.4, -0.2) is 23.7 Å². The van der Waals surface area contributed by atoms with Gasteiger partial charge in [-0.3, -0.25) is 4.98 Å². The normalized spacial score (nSPS) is 12.0. The van der Waals surface area contributed by atoms with Gasteiger partial charge in [0.15, 0.2) is 0 Å². The summed E-state index contributed by atoms with van der Waals surface area (Å²) in [6.07, 6.45) is 4.64. The Kier molecular flexibility index (Phi) is 5.24. The zero-order valence-corrected chi connectivity index (χ0v) is 13.8. The van der Waals surface area contributed by atoms with Gasteiger partial charge in [-0.15, -0.1) is 0 Å². The molecule has 1 heterocycles. The van der Waals surface area contributed by atoms with Crippen LogP contribution in [0.2, 0.25) is 0 Å². The highest BCUT2D eigenvalue weighted by Gasteiger charge is 2.14. The minimum Gasteiger partial charge on any atom is -0.508 e. The highest BCUT2D eigenvalue weighted by atomic mass is 16.3. The lowest BCUT2D eigenvalue weighted by Crippen LogP contribution is -2.13. The third-order valence-electron chi connectivity index (χ3n) is 4.31. The molecule has 0 amide bonds. The van der Waals surface area contributed by atoms with E-state index >= 15 is 0 Å². The van der Waals surface area contributed by atoms with E-state index in [1.54, 1.807) is 12.1 Å². The maximum Gasteiger partial charge on any atom is 0.115 e. The smallest absolute Gasteiger partial charge is 0.115 e. The van der Waals surface area contributed by atoms with E-state index in [-0.39, 0.29) is 0 Å². The van der Waals surface area contributed by atoms with Gasteiger partial charge in [-0.1, -0.05) is 36.4 Å². The van der Waals surface area contributed by atoms with Crippen molar-refractivity contribution in [3.05, 3.63) is 84.2 Å². The fraction of sp³-hybridized carbons (Fsp3) is 0.190. The zero-order valence-electron chi connectivity index (χ0n) is 13.8. The van der Waals surface area contributed by atoms with Crippen molar-refractivity contribution in [2.45, 2.75) is 12.3 Å². The molecule has 1 unspecified atom stereocenters. The van der Waals surface area contributed by atoms with Crippen LogP contribution < -0.4 is 5.32 Å². The maximum atomic E-state index is 9.53. The second-order valence-electron chi connectivity index (χ2n) is 5.89. The predicted molar refractivity (Wildman–Crippen MR) is 98.2 cm³/mol. The molecule has 0 aliphatic heterocycles. The number of aromatic hydroxyl groups is 1. The van der Waals surface area contributed by atoms with E-state index < -0.39 is 0 Å². The van der Waals surface area contributed by atoms with Gasteiger partial charge in [-0.25, -0.2) is 0 Å². The first-order valence-corrected chi connectivity index (χ1v) is 8.22. The molecule has 0 aliphatic carbocycles. The lowest BCUT2D eigenvalue weighted by Gasteiger charge is -2.18. The van der Waals surface area contributed by atoms with E-state index in [0.717, 1.165) is 13.0 Å². The molecule has 1 aromatic heterocycles. The van der Waals surface area contributed by atoms with Gasteiger partial charge in [0, 0.05) is 18.3 Å². The fourth-order valence-corrected chi connectivity index (χ4v) is 2.97. The Morgan fingerprint density at radius 2 is 1.38 bits per heavy atom. The highest BCUT2D eigenvalue weighted by molar-refractivity contribution is 5.63. The number of nitrogens with one attached hydrogen (secondary N) is 1. The highest BCUT2D eigenvalue weighted by Crippen LogP contribution is 2.30. The van der Waals surface area contributed by atoms with Crippen LogP contribution in [0.5, 0.6) is 5.75 Å². The van der Waals surface area contributed by atoms with E-state index in [1.165, 1.54) is 22.3 Å². The molecule has 0 bridgehead atoms.